The molecule has 0 fully saturated rings. The molecule has 3 nitrogen and oxygen atoms in total. The minimum Gasteiger partial charge on any atom is -0.336 e. The van der Waals surface area contributed by atoms with Gasteiger partial charge in [0.05, 0.1) is 6.33 Å². The van der Waals surface area contributed by atoms with E-state index in [4.69, 9.17) is 0 Å². The van der Waals surface area contributed by atoms with Crippen LogP contribution in [0.1, 0.15) is 6.42 Å². The Bertz CT molecular complexity index is 204. The Balaban J connectivity index is 2.00. The second-order valence-corrected chi connectivity index (χ2v) is 2.63. The smallest absolute Gasteiger partial charge is 0.0946 e. The van der Waals surface area contributed by atoms with Crippen LogP contribution >= 0.6 is 0 Å². The van der Waals surface area contributed by atoms with Gasteiger partial charge in [-0.05, 0) is 13.0 Å². The molecule has 1 aromatic heterocycles. The van der Waals surface area contributed by atoms with Crippen molar-refractivity contribution in [3.8, 4) is 0 Å². The summed E-state index contributed by atoms with van der Waals surface area (Å²) in [5.74, 6) is 0. The van der Waals surface area contributed by atoms with Crippen LogP contribution in [-0.2, 0) is 6.54 Å². The van der Waals surface area contributed by atoms with Gasteiger partial charge in [0.2, 0.25) is 0 Å². The van der Waals surface area contributed by atoms with E-state index in [2.05, 4.69) is 21.4 Å². The summed E-state index contributed by atoms with van der Waals surface area (Å²) in [5, 5.41) is 3.30. The van der Waals surface area contributed by atoms with E-state index in [0.717, 1.165) is 26.1 Å². The van der Waals surface area contributed by atoms with Gasteiger partial charge >= 0.3 is 0 Å². The van der Waals surface area contributed by atoms with Crippen LogP contribution in [0.25, 0.3) is 0 Å². The SMILES string of the molecule is C=CCCNCCn1ccnc1. The first kappa shape index (κ1) is 9.00. The van der Waals surface area contributed by atoms with Crippen LogP contribution in [-0.4, -0.2) is 22.6 Å². The maximum absolute atomic E-state index is 3.96. The fourth-order valence-electron chi connectivity index (χ4n) is 0.956. The summed E-state index contributed by atoms with van der Waals surface area (Å²) < 4.78 is 2.06. The Kier molecular flexibility index (Phi) is 4.16. The lowest BCUT2D eigenvalue weighted by atomic mass is 10.4. The lowest BCUT2D eigenvalue weighted by Crippen LogP contribution is -2.20. The maximum atomic E-state index is 3.96. The largest absolute Gasteiger partial charge is 0.336 e. The van der Waals surface area contributed by atoms with Crippen LogP contribution in [0.3, 0.4) is 0 Å². The van der Waals surface area contributed by atoms with Gasteiger partial charge in [-0.1, -0.05) is 6.08 Å². The highest BCUT2D eigenvalue weighted by molar-refractivity contribution is 4.74. The van der Waals surface area contributed by atoms with Crippen LogP contribution < -0.4 is 5.32 Å². The molecule has 1 aromatic rings. The molecule has 0 aliphatic carbocycles. The third kappa shape index (κ3) is 3.34. The van der Waals surface area contributed by atoms with Crippen molar-refractivity contribution in [2.45, 2.75) is 13.0 Å². The molecule has 0 aliphatic heterocycles. The van der Waals surface area contributed by atoms with Crippen LogP contribution in [0.15, 0.2) is 31.4 Å². The molecule has 0 aliphatic rings. The molecule has 0 radical (unpaired) electrons. The number of rotatable bonds is 6. The molecule has 3 heteroatoms. The minimum atomic E-state index is 0.983. The molecule has 0 aromatic carbocycles. The monoisotopic (exact) mass is 165 g/mol. The first-order valence-electron chi connectivity index (χ1n) is 4.21. The van der Waals surface area contributed by atoms with Gasteiger partial charge in [-0.2, -0.15) is 0 Å². The van der Waals surface area contributed by atoms with Crippen molar-refractivity contribution in [3.05, 3.63) is 31.4 Å². The van der Waals surface area contributed by atoms with E-state index < -0.39 is 0 Å². The molecule has 0 amide bonds. The number of nitrogens with zero attached hydrogens (tertiary/aromatic N) is 2. The Labute approximate surface area is 73.1 Å². The second-order valence-electron chi connectivity index (χ2n) is 2.63. The molecule has 0 spiro atoms. The quantitative estimate of drug-likeness (QED) is 0.504. The number of hydrogen-bond donors (Lipinski definition) is 1. The van der Waals surface area contributed by atoms with E-state index in [0.29, 0.717) is 0 Å². The van der Waals surface area contributed by atoms with Crippen molar-refractivity contribution in [3.63, 3.8) is 0 Å². The molecule has 0 bridgehead atoms. The summed E-state index contributed by atoms with van der Waals surface area (Å²) in [6.07, 6.45) is 8.54. The van der Waals surface area contributed by atoms with E-state index >= 15 is 0 Å². The number of imidazole rings is 1. The summed E-state index contributed by atoms with van der Waals surface area (Å²) in [6, 6.07) is 0. The van der Waals surface area contributed by atoms with E-state index in [1.165, 1.54) is 0 Å². The van der Waals surface area contributed by atoms with Crippen molar-refractivity contribution in [1.82, 2.24) is 14.9 Å². The zero-order chi connectivity index (χ0) is 8.65. The van der Waals surface area contributed by atoms with E-state index in [1.807, 2.05) is 18.6 Å². The normalized spacial score (nSPS) is 10.0. The summed E-state index contributed by atoms with van der Waals surface area (Å²) >= 11 is 0. The van der Waals surface area contributed by atoms with Crippen molar-refractivity contribution >= 4 is 0 Å². The number of nitrogens with one attached hydrogen (secondary N) is 1. The van der Waals surface area contributed by atoms with Gasteiger partial charge in [0.25, 0.3) is 0 Å². The average Bonchev–Trinajstić information content (AvgIpc) is 2.57. The maximum Gasteiger partial charge on any atom is 0.0946 e. The third-order valence-corrected chi connectivity index (χ3v) is 1.63. The summed E-state index contributed by atoms with van der Waals surface area (Å²) in [5.41, 5.74) is 0. The van der Waals surface area contributed by atoms with Crippen molar-refractivity contribution in [2.75, 3.05) is 13.1 Å². The Morgan fingerprint density at radius 3 is 3.08 bits per heavy atom. The molecule has 0 saturated carbocycles. The zero-order valence-corrected chi connectivity index (χ0v) is 7.24. The summed E-state index contributed by atoms with van der Waals surface area (Å²) in [6.45, 7) is 6.64. The van der Waals surface area contributed by atoms with Crippen molar-refractivity contribution in [2.24, 2.45) is 0 Å². The lowest BCUT2D eigenvalue weighted by molar-refractivity contribution is 0.601. The number of aromatic nitrogens is 2. The second kappa shape index (κ2) is 5.55. The van der Waals surface area contributed by atoms with Crippen molar-refractivity contribution in [1.29, 1.82) is 0 Å². The molecule has 1 rings (SSSR count). The van der Waals surface area contributed by atoms with Gasteiger partial charge in [-0.3, -0.25) is 0 Å². The molecule has 1 heterocycles. The molecule has 0 saturated heterocycles. The third-order valence-electron chi connectivity index (χ3n) is 1.63. The van der Waals surface area contributed by atoms with Gasteiger partial charge in [-0.15, -0.1) is 6.58 Å². The zero-order valence-electron chi connectivity index (χ0n) is 7.24. The molecular weight excluding hydrogens is 150 g/mol. The highest BCUT2D eigenvalue weighted by Crippen LogP contribution is 1.83. The van der Waals surface area contributed by atoms with Crippen LogP contribution in [0.4, 0.5) is 0 Å². The number of hydrogen-bond acceptors (Lipinski definition) is 2. The minimum absolute atomic E-state index is 0.983. The standard InChI is InChI=1S/C9H15N3/c1-2-3-4-10-5-7-12-8-6-11-9-12/h2,6,8-10H,1,3-5,7H2. The Morgan fingerprint density at radius 1 is 1.50 bits per heavy atom. The Morgan fingerprint density at radius 2 is 2.42 bits per heavy atom. The highest BCUT2D eigenvalue weighted by atomic mass is 15.0. The van der Waals surface area contributed by atoms with E-state index in [-0.39, 0.29) is 0 Å². The van der Waals surface area contributed by atoms with E-state index in [1.54, 1.807) is 6.20 Å². The predicted octanol–water partition coefficient (Wildman–Crippen LogP) is 1.05. The van der Waals surface area contributed by atoms with E-state index in [9.17, 15) is 0 Å². The lowest BCUT2D eigenvalue weighted by Gasteiger charge is -2.02. The first-order valence-corrected chi connectivity index (χ1v) is 4.21. The van der Waals surface area contributed by atoms with Crippen LogP contribution in [0.5, 0.6) is 0 Å². The fraction of sp³-hybridized carbons (Fsp3) is 0.444. The summed E-state index contributed by atoms with van der Waals surface area (Å²) in [4.78, 5) is 3.96. The molecule has 1 N–H and O–H groups in total. The molecular formula is C9H15N3. The Hall–Kier alpha value is -1.09. The topological polar surface area (TPSA) is 29.9 Å². The van der Waals surface area contributed by atoms with Crippen molar-refractivity contribution < 1.29 is 0 Å². The highest BCUT2D eigenvalue weighted by Gasteiger charge is 1.87. The molecule has 0 atom stereocenters. The average molecular weight is 165 g/mol. The molecule has 12 heavy (non-hydrogen) atoms. The van der Waals surface area contributed by atoms with Gasteiger partial charge in [0.1, 0.15) is 0 Å². The molecule has 66 valence electrons. The fourth-order valence-corrected chi connectivity index (χ4v) is 0.956. The predicted molar refractivity (Wildman–Crippen MR) is 49.9 cm³/mol. The van der Waals surface area contributed by atoms with Gasteiger partial charge in [0.15, 0.2) is 0 Å². The van der Waals surface area contributed by atoms with Gasteiger partial charge < -0.3 is 9.88 Å². The first-order chi connectivity index (χ1) is 5.93. The summed E-state index contributed by atoms with van der Waals surface area (Å²) in [7, 11) is 0. The molecule has 0 unspecified atom stereocenters. The van der Waals surface area contributed by atoms with Gasteiger partial charge in [0, 0.05) is 25.5 Å². The van der Waals surface area contributed by atoms with Crippen LogP contribution in [0, 0.1) is 0 Å². The van der Waals surface area contributed by atoms with Gasteiger partial charge in [-0.25, -0.2) is 4.98 Å². The van der Waals surface area contributed by atoms with Crippen LogP contribution in [0.2, 0.25) is 0 Å².